The quantitative estimate of drug-likeness (QED) is 0.450. The van der Waals surface area contributed by atoms with Gasteiger partial charge in [0.15, 0.2) is 0 Å². The van der Waals surface area contributed by atoms with Crippen LogP contribution in [0.5, 0.6) is 0 Å². The van der Waals surface area contributed by atoms with Crippen LogP contribution in [-0.2, 0) is 0 Å². The summed E-state index contributed by atoms with van der Waals surface area (Å²) in [6.07, 6.45) is 3.50. The minimum atomic E-state index is 0.360. The largest absolute Gasteiger partial charge is 0.405 e. The number of para-hydroxylation sites is 1. The lowest BCUT2D eigenvalue weighted by atomic mass is 9.83. The van der Waals surface area contributed by atoms with E-state index in [1.165, 1.54) is 27.8 Å². The summed E-state index contributed by atoms with van der Waals surface area (Å²) in [4.78, 5) is 4.96. The average molecular weight is 383 g/mol. The van der Waals surface area contributed by atoms with Crippen LogP contribution in [0.3, 0.4) is 0 Å². The minimum absolute atomic E-state index is 0.360. The highest BCUT2D eigenvalue weighted by atomic mass is 14.7. The van der Waals surface area contributed by atoms with Gasteiger partial charge in [-0.25, -0.2) is 4.99 Å². The molecule has 0 bridgehead atoms. The van der Waals surface area contributed by atoms with Crippen molar-refractivity contribution in [3.63, 3.8) is 0 Å². The van der Waals surface area contributed by atoms with Gasteiger partial charge < -0.3 is 5.73 Å². The van der Waals surface area contributed by atoms with Crippen LogP contribution in [-0.4, -0.2) is 5.71 Å². The van der Waals surface area contributed by atoms with Crippen LogP contribution in [0.25, 0.3) is 11.1 Å². The van der Waals surface area contributed by atoms with E-state index in [9.17, 15) is 0 Å². The topological polar surface area (TPSA) is 38.4 Å². The number of hydrogen-bond acceptors (Lipinski definition) is 2. The molecule has 2 N–H and O–H groups in total. The fraction of sp³-hybridized carbons (Fsp3) is 0.222. The zero-order valence-electron chi connectivity index (χ0n) is 17.8. The van der Waals surface area contributed by atoms with Gasteiger partial charge in [-0.05, 0) is 58.5 Å². The van der Waals surface area contributed by atoms with Crippen molar-refractivity contribution in [1.82, 2.24) is 0 Å². The Morgan fingerprint density at radius 3 is 1.76 bits per heavy atom. The van der Waals surface area contributed by atoms with Crippen molar-refractivity contribution >= 4 is 11.4 Å². The van der Waals surface area contributed by atoms with Crippen molar-refractivity contribution in [1.29, 1.82) is 0 Å². The van der Waals surface area contributed by atoms with Gasteiger partial charge in [0, 0.05) is 5.56 Å². The van der Waals surface area contributed by atoms with E-state index in [0.717, 1.165) is 11.4 Å². The predicted molar refractivity (Wildman–Crippen MR) is 126 cm³/mol. The summed E-state index contributed by atoms with van der Waals surface area (Å²) in [5, 5.41) is 0. The summed E-state index contributed by atoms with van der Waals surface area (Å²) < 4.78 is 0. The van der Waals surface area contributed by atoms with Crippen molar-refractivity contribution in [2.75, 3.05) is 0 Å². The molecule has 3 aromatic rings. The fourth-order valence-corrected chi connectivity index (χ4v) is 3.60. The third kappa shape index (κ3) is 4.83. The molecule has 0 radical (unpaired) electrons. The van der Waals surface area contributed by atoms with Crippen molar-refractivity contribution in [3.8, 4) is 11.1 Å². The zero-order chi connectivity index (χ0) is 20.8. The van der Waals surface area contributed by atoms with Gasteiger partial charge in [0.25, 0.3) is 0 Å². The highest BCUT2D eigenvalue weighted by Gasteiger charge is 2.19. The zero-order valence-corrected chi connectivity index (χ0v) is 17.8. The van der Waals surface area contributed by atoms with Crippen LogP contribution >= 0.6 is 0 Å². The smallest absolute Gasteiger partial charge is 0.0729 e. The first kappa shape index (κ1) is 20.6. The first-order chi connectivity index (χ1) is 14.0. The Labute approximate surface area is 174 Å². The maximum Gasteiger partial charge on any atom is 0.0729 e. The molecule has 3 rings (SSSR count). The number of nitrogens with two attached hydrogens (primary N) is 1. The summed E-state index contributed by atoms with van der Waals surface area (Å²) >= 11 is 0. The van der Waals surface area contributed by atoms with E-state index in [1.807, 2.05) is 36.4 Å². The van der Waals surface area contributed by atoms with E-state index < -0.39 is 0 Å². The first-order valence-corrected chi connectivity index (χ1v) is 10.3. The standard InChI is InChI=1S/C27H30N2/c1-19(2)24-17-22(21-11-7-5-8-12-21)18-25(20(3)4)27(24)26(15-16-28)29-23-13-9-6-10-14-23/h5-20H,28H2,1-4H3/b16-15-,29-26?. The van der Waals surface area contributed by atoms with Crippen LogP contribution in [0.2, 0.25) is 0 Å². The van der Waals surface area contributed by atoms with Crippen LogP contribution in [0, 0.1) is 0 Å². The third-order valence-electron chi connectivity index (χ3n) is 5.07. The highest BCUT2D eigenvalue weighted by Crippen LogP contribution is 2.35. The molecular weight excluding hydrogens is 352 g/mol. The predicted octanol–water partition coefficient (Wildman–Crippen LogP) is 7.19. The Balaban J connectivity index is 2.29. The number of benzene rings is 3. The second kappa shape index (κ2) is 9.38. The Hall–Kier alpha value is -3.13. The molecular formula is C27H30N2. The van der Waals surface area contributed by atoms with Gasteiger partial charge in [-0.1, -0.05) is 88.4 Å². The third-order valence-corrected chi connectivity index (χ3v) is 5.07. The molecule has 0 fully saturated rings. The second-order valence-electron chi connectivity index (χ2n) is 7.90. The Morgan fingerprint density at radius 1 is 0.759 bits per heavy atom. The molecule has 0 atom stereocenters. The van der Waals surface area contributed by atoms with Crippen molar-refractivity contribution < 1.29 is 0 Å². The summed E-state index contributed by atoms with van der Waals surface area (Å²) in [6.45, 7) is 8.96. The number of nitrogens with zero attached hydrogens (tertiary/aromatic N) is 1. The maximum atomic E-state index is 5.83. The summed E-state index contributed by atoms with van der Waals surface area (Å²) in [5.41, 5.74) is 13.9. The maximum absolute atomic E-state index is 5.83. The summed E-state index contributed by atoms with van der Waals surface area (Å²) in [6, 6.07) is 25.3. The van der Waals surface area contributed by atoms with Crippen molar-refractivity contribution in [3.05, 3.63) is 102 Å². The molecule has 29 heavy (non-hydrogen) atoms. The molecule has 0 spiro atoms. The molecule has 0 aliphatic heterocycles. The molecule has 0 amide bonds. The SMILES string of the molecule is CC(C)c1cc(-c2ccccc2)cc(C(C)C)c1C(/C=C\N)=Nc1ccccc1. The van der Waals surface area contributed by atoms with Gasteiger partial charge in [0.05, 0.1) is 11.4 Å². The van der Waals surface area contributed by atoms with E-state index in [2.05, 4.69) is 70.2 Å². The monoisotopic (exact) mass is 382 g/mol. The van der Waals surface area contributed by atoms with E-state index in [-0.39, 0.29) is 0 Å². The van der Waals surface area contributed by atoms with E-state index in [0.29, 0.717) is 11.8 Å². The Morgan fingerprint density at radius 2 is 1.28 bits per heavy atom. The normalized spacial score (nSPS) is 12.3. The van der Waals surface area contributed by atoms with Crippen LogP contribution in [0.4, 0.5) is 5.69 Å². The molecule has 0 saturated carbocycles. The Bertz CT molecular complexity index is 968. The van der Waals surface area contributed by atoms with E-state index in [4.69, 9.17) is 10.7 Å². The van der Waals surface area contributed by atoms with Crippen molar-refractivity contribution in [2.24, 2.45) is 10.7 Å². The summed E-state index contributed by atoms with van der Waals surface area (Å²) in [7, 11) is 0. The van der Waals surface area contributed by atoms with E-state index in [1.54, 1.807) is 6.20 Å². The van der Waals surface area contributed by atoms with Gasteiger partial charge >= 0.3 is 0 Å². The molecule has 0 aliphatic rings. The highest BCUT2D eigenvalue weighted by molar-refractivity contribution is 6.12. The van der Waals surface area contributed by atoms with Gasteiger partial charge in [0.1, 0.15) is 0 Å². The first-order valence-electron chi connectivity index (χ1n) is 10.3. The van der Waals surface area contributed by atoms with Crippen molar-refractivity contribution in [2.45, 2.75) is 39.5 Å². The molecule has 148 valence electrons. The number of allylic oxidation sites excluding steroid dienone is 1. The minimum Gasteiger partial charge on any atom is -0.405 e. The molecule has 3 aromatic carbocycles. The lowest BCUT2D eigenvalue weighted by molar-refractivity contribution is 0.830. The van der Waals surface area contributed by atoms with Crippen LogP contribution in [0.1, 0.15) is 56.2 Å². The average Bonchev–Trinajstić information content (AvgIpc) is 2.73. The molecule has 2 nitrogen and oxygen atoms in total. The van der Waals surface area contributed by atoms with Crippen LogP contribution in [0.15, 0.2) is 90.1 Å². The number of hydrogen-bond donors (Lipinski definition) is 1. The molecule has 2 heteroatoms. The summed E-state index contributed by atoms with van der Waals surface area (Å²) in [5.74, 6) is 0.719. The lowest BCUT2D eigenvalue weighted by Gasteiger charge is -2.22. The lowest BCUT2D eigenvalue weighted by Crippen LogP contribution is -2.11. The molecule has 0 unspecified atom stereocenters. The number of rotatable bonds is 6. The molecule has 0 aliphatic carbocycles. The molecule has 0 saturated heterocycles. The van der Waals surface area contributed by atoms with Gasteiger partial charge in [-0.2, -0.15) is 0 Å². The van der Waals surface area contributed by atoms with E-state index >= 15 is 0 Å². The van der Waals surface area contributed by atoms with Crippen LogP contribution < -0.4 is 5.73 Å². The molecule has 0 aromatic heterocycles. The van der Waals surface area contributed by atoms with Gasteiger partial charge in [-0.15, -0.1) is 0 Å². The Kier molecular flexibility index (Phi) is 6.66. The fourth-order valence-electron chi connectivity index (χ4n) is 3.60. The van der Waals surface area contributed by atoms with Gasteiger partial charge in [-0.3, -0.25) is 0 Å². The number of aliphatic imine (C=N–C) groups is 1. The van der Waals surface area contributed by atoms with Gasteiger partial charge in [0.2, 0.25) is 0 Å². The molecule has 0 heterocycles. The second-order valence-corrected chi connectivity index (χ2v) is 7.90.